The Hall–Kier alpha value is -2.06. The summed E-state index contributed by atoms with van der Waals surface area (Å²) < 4.78 is 14.6. The number of nitrogens with one attached hydrogen (secondary N) is 1. The highest BCUT2D eigenvalue weighted by atomic mass is 79.9. The van der Waals surface area contributed by atoms with Crippen LogP contribution in [0.1, 0.15) is 34.7 Å². The van der Waals surface area contributed by atoms with Crippen molar-refractivity contribution >= 4 is 39.1 Å². The third-order valence-electron chi connectivity index (χ3n) is 4.31. The van der Waals surface area contributed by atoms with Gasteiger partial charge in [0.25, 0.3) is 0 Å². The van der Waals surface area contributed by atoms with Crippen molar-refractivity contribution in [2.45, 2.75) is 26.3 Å². The van der Waals surface area contributed by atoms with E-state index in [2.05, 4.69) is 31.2 Å². The van der Waals surface area contributed by atoms with Gasteiger partial charge in [-0.2, -0.15) is 0 Å². The Morgan fingerprint density at radius 1 is 1.46 bits per heavy atom. The molecule has 1 aromatic carbocycles. The SMILES string of the molecule is CCc1ccc([C@@H]2N=C(c3nccs3)NC(CBr)=C2C(=O)O)c(C)c1F. The fourth-order valence-corrected chi connectivity index (χ4v) is 3.98. The van der Waals surface area contributed by atoms with Crippen molar-refractivity contribution < 1.29 is 14.3 Å². The lowest BCUT2D eigenvalue weighted by Gasteiger charge is -2.26. The number of thiazole rings is 1. The average Bonchev–Trinajstić information content (AvgIpc) is 3.17. The van der Waals surface area contributed by atoms with Crippen LogP contribution in [0.3, 0.4) is 0 Å². The molecule has 2 heterocycles. The van der Waals surface area contributed by atoms with Crippen molar-refractivity contribution in [2.24, 2.45) is 4.99 Å². The van der Waals surface area contributed by atoms with Crippen molar-refractivity contribution in [3.63, 3.8) is 0 Å². The molecule has 1 aromatic heterocycles. The summed E-state index contributed by atoms with van der Waals surface area (Å²) in [6.45, 7) is 3.55. The predicted molar refractivity (Wildman–Crippen MR) is 103 cm³/mol. The zero-order valence-corrected chi connectivity index (χ0v) is 16.6. The van der Waals surface area contributed by atoms with Crippen molar-refractivity contribution in [1.82, 2.24) is 10.3 Å². The highest BCUT2D eigenvalue weighted by molar-refractivity contribution is 9.09. The van der Waals surface area contributed by atoms with Gasteiger partial charge in [0, 0.05) is 22.6 Å². The topological polar surface area (TPSA) is 74.6 Å². The number of hydrogen-bond donors (Lipinski definition) is 2. The van der Waals surface area contributed by atoms with Gasteiger partial charge >= 0.3 is 5.97 Å². The van der Waals surface area contributed by atoms with Crippen LogP contribution in [0.15, 0.2) is 40.0 Å². The molecule has 0 aliphatic carbocycles. The first-order chi connectivity index (χ1) is 12.5. The van der Waals surface area contributed by atoms with Crippen LogP contribution < -0.4 is 5.32 Å². The van der Waals surface area contributed by atoms with E-state index >= 15 is 0 Å². The monoisotopic (exact) mass is 437 g/mol. The van der Waals surface area contributed by atoms with Gasteiger partial charge in [-0.3, -0.25) is 4.99 Å². The summed E-state index contributed by atoms with van der Waals surface area (Å²) in [6, 6.07) is 2.66. The molecule has 1 aliphatic rings. The van der Waals surface area contributed by atoms with E-state index < -0.39 is 12.0 Å². The molecule has 0 amide bonds. The van der Waals surface area contributed by atoms with E-state index in [0.717, 1.165) is 0 Å². The Morgan fingerprint density at radius 2 is 2.23 bits per heavy atom. The Bertz CT molecular complexity index is 909. The van der Waals surface area contributed by atoms with E-state index in [-0.39, 0.29) is 11.4 Å². The number of carboxylic acids is 1. The first kappa shape index (κ1) is 18.7. The molecule has 0 saturated heterocycles. The van der Waals surface area contributed by atoms with Crippen LogP contribution in [-0.2, 0) is 11.2 Å². The van der Waals surface area contributed by atoms with Crippen molar-refractivity contribution in [1.29, 1.82) is 0 Å². The van der Waals surface area contributed by atoms with Crippen LogP contribution in [-0.4, -0.2) is 27.2 Å². The molecule has 3 rings (SSSR count). The summed E-state index contributed by atoms with van der Waals surface area (Å²) in [5.74, 6) is -0.901. The van der Waals surface area contributed by atoms with Crippen LogP contribution in [0.2, 0.25) is 0 Å². The number of nitrogens with zero attached hydrogens (tertiary/aromatic N) is 2. The number of benzene rings is 1. The molecule has 0 saturated carbocycles. The number of alkyl halides is 1. The number of aliphatic carboxylic acids is 1. The third-order valence-corrected chi connectivity index (χ3v) is 5.65. The molecule has 0 spiro atoms. The normalized spacial score (nSPS) is 17.1. The molecule has 8 heteroatoms. The lowest BCUT2D eigenvalue weighted by atomic mass is 9.91. The number of carboxylic acid groups (broad SMARTS) is 1. The fourth-order valence-electron chi connectivity index (χ4n) is 2.95. The lowest BCUT2D eigenvalue weighted by Crippen LogP contribution is -2.34. The Labute approximate surface area is 162 Å². The Kier molecular flexibility index (Phi) is 5.52. The molecule has 0 unspecified atom stereocenters. The molecule has 2 N–H and O–H groups in total. The summed E-state index contributed by atoms with van der Waals surface area (Å²) >= 11 is 4.73. The van der Waals surface area contributed by atoms with Gasteiger partial charge in [-0.15, -0.1) is 11.3 Å². The Morgan fingerprint density at radius 3 is 2.81 bits per heavy atom. The van der Waals surface area contributed by atoms with Gasteiger partial charge < -0.3 is 10.4 Å². The van der Waals surface area contributed by atoms with Gasteiger partial charge in [-0.25, -0.2) is 14.2 Å². The molecule has 0 bridgehead atoms. The maximum Gasteiger partial charge on any atom is 0.335 e. The average molecular weight is 438 g/mol. The van der Waals surface area contributed by atoms with Crippen LogP contribution in [0.25, 0.3) is 0 Å². The number of allylic oxidation sites excluding steroid dienone is 1. The van der Waals surface area contributed by atoms with E-state index in [4.69, 9.17) is 0 Å². The molecule has 26 heavy (non-hydrogen) atoms. The van der Waals surface area contributed by atoms with Crippen LogP contribution in [0.5, 0.6) is 0 Å². The second-order valence-electron chi connectivity index (χ2n) is 5.78. The number of halogens is 2. The first-order valence-electron chi connectivity index (χ1n) is 8.02. The van der Waals surface area contributed by atoms with E-state index in [1.807, 2.05) is 12.3 Å². The van der Waals surface area contributed by atoms with E-state index in [1.54, 1.807) is 25.3 Å². The van der Waals surface area contributed by atoms with Crippen molar-refractivity contribution in [3.05, 3.63) is 62.5 Å². The fraction of sp³-hybridized carbons (Fsp3) is 0.278. The molecule has 0 fully saturated rings. The highest BCUT2D eigenvalue weighted by Gasteiger charge is 2.32. The Balaban J connectivity index is 2.19. The minimum atomic E-state index is -1.08. The lowest BCUT2D eigenvalue weighted by molar-refractivity contribution is -0.133. The number of aliphatic imine (C=N–C) groups is 1. The zero-order valence-electron chi connectivity index (χ0n) is 14.2. The highest BCUT2D eigenvalue weighted by Crippen LogP contribution is 2.35. The minimum Gasteiger partial charge on any atom is -0.478 e. The standard InChI is InChI=1S/C18H17BrFN3O2S/c1-3-10-4-5-11(9(2)14(10)20)15-13(18(24)25)12(8-19)22-16(23-15)17-21-6-7-26-17/h4-7,15H,3,8H2,1-2H3,(H,22,23)(H,24,25)/t15-/m0/s1. The smallest absolute Gasteiger partial charge is 0.335 e. The molecular weight excluding hydrogens is 421 g/mol. The maximum absolute atomic E-state index is 14.6. The summed E-state index contributed by atoms with van der Waals surface area (Å²) in [7, 11) is 0. The van der Waals surface area contributed by atoms with Gasteiger partial charge in [0.05, 0.1) is 5.57 Å². The van der Waals surface area contributed by atoms with Crippen molar-refractivity contribution in [2.75, 3.05) is 5.33 Å². The van der Waals surface area contributed by atoms with E-state index in [0.29, 0.717) is 45.0 Å². The van der Waals surface area contributed by atoms with Gasteiger partial charge in [0.2, 0.25) is 0 Å². The van der Waals surface area contributed by atoms with Gasteiger partial charge in [0.1, 0.15) is 11.9 Å². The number of aromatic nitrogens is 1. The molecule has 1 aliphatic heterocycles. The number of rotatable bonds is 5. The molecule has 136 valence electrons. The first-order valence-corrected chi connectivity index (χ1v) is 10.0. The van der Waals surface area contributed by atoms with Gasteiger partial charge in [-0.1, -0.05) is 35.0 Å². The number of aryl methyl sites for hydroxylation is 1. The van der Waals surface area contributed by atoms with E-state index in [1.165, 1.54) is 11.3 Å². The molecule has 0 radical (unpaired) electrons. The van der Waals surface area contributed by atoms with Crippen LogP contribution >= 0.6 is 27.3 Å². The van der Waals surface area contributed by atoms with E-state index in [9.17, 15) is 14.3 Å². The molecule has 5 nitrogen and oxygen atoms in total. The summed E-state index contributed by atoms with van der Waals surface area (Å²) in [5.41, 5.74) is 2.17. The summed E-state index contributed by atoms with van der Waals surface area (Å²) in [4.78, 5) is 20.7. The molecule has 1 atom stereocenters. The second kappa shape index (κ2) is 7.67. The van der Waals surface area contributed by atoms with Gasteiger partial charge in [-0.05, 0) is 30.0 Å². The van der Waals surface area contributed by atoms with Crippen LogP contribution in [0.4, 0.5) is 4.39 Å². The third kappa shape index (κ3) is 3.31. The number of hydrogen-bond acceptors (Lipinski definition) is 5. The number of carbonyl (C=O) groups is 1. The quantitative estimate of drug-likeness (QED) is 0.693. The second-order valence-corrected chi connectivity index (χ2v) is 7.24. The molecular formula is C18H17BrFN3O2S. The maximum atomic E-state index is 14.6. The largest absolute Gasteiger partial charge is 0.478 e. The van der Waals surface area contributed by atoms with Crippen LogP contribution in [0, 0.1) is 12.7 Å². The number of amidine groups is 1. The summed E-state index contributed by atoms with van der Waals surface area (Å²) in [6.07, 6.45) is 2.23. The molecule has 2 aromatic rings. The minimum absolute atomic E-state index is 0.105. The zero-order chi connectivity index (χ0) is 18.8. The summed E-state index contributed by atoms with van der Waals surface area (Å²) in [5, 5.41) is 15.6. The van der Waals surface area contributed by atoms with Gasteiger partial charge in [0.15, 0.2) is 10.8 Å². The van der Waals surface area contributed by atoms with Crippen molar-refractivity contribution in [3.8, 4) is 0 Å². The predicted octanol–water partition coefficient (Wildman–Crippen LogP) is 3.98.